The third kappa shape index (κ3) is 5.55. The summed E-state index contributed by atoms with van der Waals surface area (Å²) in [5.41, 5.74) is 3.06. The Kier molecular flexibility index (Phi) is 7.14. The van der Waals surface area contributed by atoms with Crippen molar-refractivity contribution >= 4 is 23.6 Å². The maximum Gasteiger partial charge on any atom is 0.242 e. The van der Waals surface area contributed by atoms with E-state index in [0.717, 1.165) is 23.2 Å². The van der Waals surface area contributed by atoms with E-state index in [1.807, 2.05) is 32.9 Å². The van der Waals surface area contributed by atoms with Gasteiger partial charge >= 0.3 is 0 Å². The Hall–Kier alpha value is -2.42. The predicted octanol–water partition coefficient (Wildman–Crippen LogP) is 1.40. The van der Waals surface area contributed by atoms with Crippen LogP contribution in [-0.4, -0.2) is 50.4 Å². The topological polar surface area (TPSA) is 102 Å². The molecule has 0 aliphatic rings. The van der Waals surface area contributed by atoms with Gasteiger partial charge in [-0.15, -0.1) is 5.10 Å². The van der Waals surface area contributed by atoms with E-state index >= 15 is 0 Å². The van der Waals surface area contributed by atoms with E-state index in [9.17, 15) is 9.59 Å². The average Bonchev–Trinajstić information content (AvgIpc) is 3.05. The Labute approximate surface area is 157 Å². The third-order valence-electron chi connectivity index (χ3n) is 3.54. The highest BCUT2D eigenvalue weighted by molar-refractivity contribution is 7.99. The third-order valence-corrected chi connectivity index (χ3v) is 4.46. The van der Waals surface area contributed by atoms with Crippen molar-refractivity contribution < 1.29 is 9.59 Å². The number of amides is 2. The first-order valence-corrected chi connectivity index (χ1v) is 9.46. The van der Waals surface area contributed by atoms with Crippen LogP contribution in [0.2, 0.25) is 0 Å². The lowest BCUT2D eigenvalue weighted by Gasteiger charge is -2.13. The molecule has 0 aliphatic heterocycles. The molecule has 0 spiro atoms. The number of benzene rings is 1. The number of aromatic nitrogens is 4. The van der Waals surface area contributed by atoms with Crippen LogP contribution >= 0.6 is 11.8 Å². The van der Waals surface area contributed by atoms with Gasteiger partial charge in [0.05, 0.1) is 11.4 Å². The summed E-state index contributed by atoms with van der Waals surface area (Å²) in [6.45, 7) is 8.24. The Morgan fingerprint density at radius 3 is 2.58 bits per heavy atom. The summed E-state index contributed by atoms with van der Waals surface area (Å²) in [7, 11) is 0. The van der Waals surface area contributed by atoms with Crippen LogP contribution in [-0.2, 0) is 9.59 Å². The fourth-order valence-electron chi connectivity index (χ4n) is 2.38. The summed E-state index contributed by atoms with van der Waals surface area (Å²) in [6.07, 6.45) is 0.851. The number of carbonyl (C=O) groups is 2. The van der Waals surface area contributed by atoms with E-state index in [1.165, 1.54) is 11.8 Å². The molecule has 0 saturated carbocycles. The fraction of sp³-hybridized carbons (Fsp3) is 0.471. The molecule has 2 aromatic rings. The van der Waals surface area contributed by atoms with E-state index in [2.05, 4.69) is 32.2 Å². The number of hydrogen-bond acceptors (Lipinski definition) is 6. The summed E-state index contributed by atoms with van der Waals surface area (Å²) >= 11 is 1.22. The first-order valence-electron chi connectivity index (χ1n) is 8.47. The number of nitrogens with one attached hydrogen (secondary N) is 2. The number of hydrogen-bond donors (Lipinski definition) is 2. The molecule has 0 fully saturated rings. The SMILES string of the molecule is CCCNC(=O)[C@H](C)NC(=O)CSc1nnnn1-c1cc(C)cc(C)c1. The summed E-state index contributed by atoms with van der Waals surface area (Å²) in [5, 5.41) is 17.6. The van der Waals surface area contributed by atoms with Gasteiger partial charge in [-0.05, 0) is 60.9 Å². The van der Waals surface area contributed by atoms with Gasteiger partial charge in [0.1, 0.15) is 6.04 Å². The van der Waals surface area contributed by atoms with Crippen LogP contribution in [0.25, 0.3) is 5.69 Å². The lowest BCUT2D eigenvalue weighted by atomic mass is 10.1. The van der Waals surface area contributed by atoms with Crippen molar-refractivity contribution in [3.05, 3.63) is 29.3 Å². The smallest absolute Gasteiger partial charge is 0.242 e. The second kappa shape index (κ2) is 9.33. The Balaban J connectivity index is 1.95. The monoisotopic (exact) mass is 376 g/mol. The van der Waals surface area contributed by atoms with Crippen LogP contribution in [0.15, 0.2) is 23.4 Å². The number of rotatable bonds is 8. The zero-order valence-corrected chi connectivity index (χ0v) is 16.3. The van der Waals surface area contributed by atoms with Gasteiger partial charge in [-0.25, -0.2) is 0 Å². The highest BCUT2D eigenvalue weighted by atomic mass is 32.2. The van der Waals surface area contributed by atoms with E-state index in [1.54, 1.807) is 11.6 Å². The highest BCUT2D eigenvalue weighted by Gasteiger charge is 2.17. The molecule has 0 aliphatic carbocycles. The van der Waals surface area contributed by atoms with Crippen LogP contribution in [0, 0.1) is 13.8 Å². The van der Waals surface area contributed by atoms with Crippen LogP contribution in [0.3, 0.4) is 0 Å². The lowest BCUT2D eigenvalue weighted by molar-refractivity contribution is -0.127. The highest BCUT2D eigenvalue weighted by Crippen LogP contribution is 2.19. The van der Waals surface area contributed by atoms with Crippen LogP contribution in [0.4, 0.5) is 0 Å². The molecule has 1 atom stereocenters. The van der Waals surface area contributed by atoms with Crippen LogP contribution in [0.1, 0.15) is 31.4 Å². The molecular weight excluding hydrogens is 352 g/mol. The first-order chi connectivity index (χ1) is 12.4. The van der Waals surface area contributed by atoms with Crippen molar-refractivity contribution in [2.24, 2.45) is 0 Å². The predicted molar refractivity (Wildman–Crippen MR) is 100 cm³/mol. The van der Waals surface area contributed by atoms with Gasteiger partial charge in [0.15, 0.2) is 0 Å². The maximum absolute atomic E-state index is 12.1. The number of carbonyl (C=O) groups excluding carboxylic acids is 2. The quantitative estimate of drug-likeness (QED) is 0.675. The largest absolute Gasteiger partial charge is 0.354 e. The fourth-order valence-corrected chi connectivity index (χ4v) is 3.09. The molecule has 0 unspecified atom stereocenters. The Morgan fingerprint density at radius 1 is 1.23 bits per heavy atom. The van der Waals surface area contributed by atoms with Crippen LogP contribution in [0.5, 0.6) is 0 Å². The number of aryl methyl sites for hydroxylation is 2. The van der Waals surface area contributed by atoms with Gasteiger partial charge in [-0.1, -0.05) is 24.8 Å². The summed E-state index contributed by atoms with van der Waals surface area (Å²) in [4.78, 5) is 23.9. The molecule has 2 N–H and O–H groups in total. The van der Waals surface area contributed by atoms with Crippen LogP contribution < -0.4 is 10.6 Å². The molecular formula is C17H24N6O2S. The molecule has 26 heavy (non-hydrogen) atoms. The maximum atomic E-state index is 12.1. The van der Waals surface area contributed by atoms with E-state index in [0.29, 0.717) is 11.7 Å². The van der Waals surface area contributed by atoms with Crippen molar-refractivity contribution in [3.63, 3.8) is 0 Å². The molecule has 0 radical (unpaired) electrons. The number of nitrogens with zero attached hydrogens (tertiary/aromatic N) is 4. The minimum absolute atomic E-state index is 0.122. The zero-order chi connectivity index (χ0) is 19.1. The Morgan fingerprint density at radius 2 is 1.92 bits per heavy atom. The molecule has 0 bridgehead atoms. The van der Waals surface area contributed by atoms with E-state index in [-0.39, 0.29) is 17.6 Å². The zero-order valence-electron chi connectivity index (χ0n) is 15.4. The van der Waals surface area contributed by atoms with Gasteiger partial charge in [-0.3, -0.25) is 9.59 Å². The summed E-state index contributed by atoms with van der Waals surface area (Å²) in [5.74, 6) is -0.314. The molecule has 2 amide bonds. The summed E-state index contributed by atoms with van der Waals surface area (Å²) in [6, 6.07) is 5.45. The first kappa shape index (κ1) is 19.9. The average molecular weight is 376 g/mol. The molecule has 0 saturated heterocycles. The summed E-state index contributed by atoms with van der Waals surface area (Å²) < 4.78 is 1.61. The van der Waals surface area contributed by atoms with E-state index in [4.69, 9.17) is 0 Å². The molecule has 9 heteroatoms. The van der Waals surface area contributed by atoms with Gasteiger partial charge in [0.2, 0.25) is 17.0 Å². The lowest BCUT2D eigenvalue weighted by Crippen LogP contribution is -2.45. The second-order valence-corrected chi connectivity index (χ2v) is 7.03. The standard InChI is InChI=1S/C17H24N6O2S/c1-5-6-18-16(25)13(4)19-15(24)10-26-17-20-21-22-23(17)14-8-11(2)7-12(3)9-14/h7-9,13H,5-6,10H2,1-4H3,(H,18,25)(H,19,24)/t13-/m0/s1. The van der Waals surface area contributed by atoms with Crippen molar-refractivity contribution in [2.75, 3.05) is 12.3 Å². The van der Waals surface area contributed by atoms with Crippen molar-refractivity contribution in [1.82, 2.24) is 30.8 Å². The number of thioether (sulfide) groups is 1. The van der Waals surface area contributed by atoms with Gasteiger partial charge in [0, 0.05) is 6.54 Å². The minimum Gasteiger partial charge on any atom is -0.354 e. The molecule has 1 aromatic heterocycles. The van der Waals surface area contributed by atoms with Crippen molar-refractivity contribution in [1.29, 1.82) is 0 Å². The Bertz CT molecular complexity index is 756. The molecule has 8 nitrogen and oxygen atoms in total. The molecule has 2 rings (SSSR count). The normalized spacial score (nSPS) is 11.8. The molecule has 1 aromatic carbocycles. The van der Waals surface area contributed by atoms with Gasteiger partial charge in [-0.2, -0.15) is 4.68 Å². The van der Waals surface area contributed by atoms with E-state index < -0.39 is 6.04 Å². The second-order valence-electron chi connectivity index (χ2n) is 6.09. The molecule has 140 valence electrons. The number of tetrazole rings is 1. The van der Waals surface area contributed by atoms with Gasteiger partial charge < -0.3 is 10.6 Å². The van der Waals surface area contributed by atoms with Crippen molar-refractivity contribution in [2.45, 2.75) is 45.3 Å². The molecule has 1 heterocycles. The van der Waals surface area contributed by atoms with Crippen molar-refractivity contribution in [3.8, 4) is 5.69 Å². The van der Waals surface area contributed by atoms with Gasteiger partial charge in [0.25, 0.3) is 0 Å². The minimum atomic E-state index is -0.579.